The smallest absolute Gasteiger partial charge is 0.265 e. The van der Waals surface area contributed by atoms with E-state index in [1.54, 1.807) is 0 Å². The number of morpholine rings is 1. The first-order valence-electron chi connectivity index (χ1n) is 9.13. The fourth-order valence-corrected chi connectivity index (χ4v) is 3.31. The summed E-state index contributed by atoms with van der Waals surface area (Å²) < 4.78 is 18.6. The summed E-state index contributed by atoms with van der Waals surface area (Å²) in [5, 5.41) is 6.69. The van der Waals surface area contributed by atoms with Gasteiger partial charge in [-0.05, 0) is 19.4 Å². The molecule has 0 aliphatic carbocycles. The van der Waals surface area contributed by atoms with Crippen LogP contribution in [0.25, 0.3) is 11.4 Å². The lowest BCUT2D eigenvalue weighted by Crippen LogP contribution is -2.40. The van der Waals surface area contributed by atoms with Crippen LogP contribution in [-0.2, 0) is 4.74 Å². The predicted molar refractivity (Wildman–Crippen MR) is 98.4 cm³/mol. The third-order valence-electron chi connectivity index (χ3n) is 4.70. The molecule has 2 aromatic rings. The van der Waals surface area contributed by atoms with Crippen LogP contribution >= 0.6 is 0 Å². The summed E-state index contributed by atoms with van der Waals surface area (Å²) in [4.78, 5) is 30.2. The third-order valence-corrected chi connectivity index (χ3v) is 4.70. The van der Waals surface area contributed by atoms with E-state index in [1.807, 2.05) is 4.90 Å². The van der Waals surface area contributed by atoms with Crippen LogP contribution in [0, 0.1) is 5.82 Å². The lowest BCUT2D eigenvalue weighted by molar-refractivity contribution is 0.122. The fourth-order valence-electron chi connectivity index (χ4n) is 3.31. The maximum absolute atomic E-state index is 13.2. The lowest BCUT2D eigenvalue weighted by Gasteiger charge is -2.29. The Morgan fingerprint density at radius 1 is 1.26 bits per heavy atom. The summed E-state index contributed by atoms with van der Waals surface area (Å²) in [6.07, 6.45) is 4.10. The van der Waals surface area contributed by atoms with Crippen LogP contribution in [0.4, 0.5) is 16.2 Å². The number of H-pyrrole nitrogens is 1. The van der Waals surface area contributed by atoms with Crippen LogP contribution < -0.4 is 21.1 Å². The molecule has 2 aliphatic heterocycles. The van der Waals surface area contributed by atoms with E-state index < -0.39 is 5.82 Å². The van der Waals surface area contributed by atoms with Crippen LogP contribution in [0.15, 0.2) is 17.2 Å². The summed E-state index contributed by atoms with van der Waals surface area (Å²) in [6.45, 7) is 4.24. The van der Waals surface area contributed by atoms with Gasteiger partial charge in [-0.1, -0.05) is 0 Å². The number of aromatic amines is 1. The minimum atomic E-state index is -0.556. The van der Waals surface area contributed by atoms with Crippen molar-refractivity contribution >= 4 is 11.8 Å². The Hall–Kier alpha value is -2.59. The van der Waals surface area contributed by atoms with Gasteiger partial charge < -0.3 is 20.3 Å². The Labute approximate surface area is 155 Å². The van der Waals surface area contributed by atoms with Gasteiger partial charge in [0.05, 0.1) is 25.6 Å². The number of ether oxygens (including phenoxy) is 1. The van der Waals surface area contributed by atoms with Crippen molar-refractivity contribution in [3.63, 3.8) is 0 Å². The van der Waals surface area contributed by atoms with Crippen LogP contribution in [0.2, 0.25) is 0 Å². The van der Waals surface area contributed by atoms with Gasteiger partial charge in [0, 0.05) is 25.7 Å². The molecule has 0 amide bonds. The van der Waals surface area contributed by atoms with Crippen molar-refractivity contribution in [3.05, 3.63) is 28.6 Å². The van der Waals surface area contributed by atoms with Crippen LogP contribution in [0.3, 0.4) is 0 Å². The standard InChI is InChI=1S/C17H22FN7O2/c18-11-8-20-14(21-9-11)13-15(22-12-2-1-3-19-10-12)23-17(24-16(13)26)25-4-6-27-7-5-25/h8-9,12,19H,1-7,10H2,(H2,22,23,24,26)/t12-/m1/s1. The monoisotopic (exact) mass is 375 g/mol. The van der Waals surface area contributed by atoms with Gasteiger partial charge in [0.25, 0.3) is 5.56 Å². The minimum Gasteiger partial charge on any atom is -0.378 e. The van der Waals surface area contributed by atoms with Gasteiger partial charge in [-0.25, -0.2) is 14.4 Å². The molecule has 0 unspecified atom stereocenters. The largest absolute Gasteiger partial charge is 0.378 e. The van der Waals surface area contributed by atoms with Gasteiger partial charge in [-0.2, -0.15) is 4.98 Å². The molecule has 1 atom stereocenters. The van der Waals surface area contributed by atoms with E-state index in [-0.39, 0.29) is 23.0 Å². The van der Waals surface area contributed by atoms with Gasteiger partial charge in [-0.15, -0.1) is 0 Å². The first-order valence-corrected chi connectivity index (χ1v) is 9.13. The molecular weight excluding hydrogens is 353 g/mol. The Kier molecular flexibility index (Phi) is 5.26. The number of piperidine rings is 1. The second-order valence-electron chi connectivity index (χ2n) is 6.63. The van der Waals surface area contributed by atoms with Crippen LogP contribution in [-0.4, -0.2) is 65.4 Å². The van der Waals surface area contributed by atoms with E-state index in [9.17, 15) is 9.18 Å². The molecule has 27 heavy (non-hydrogen) atoms. The summed E-state index contributed by atoms with van der Waals surface area (Å²) in [5.74, 6) is 0.491. The number of anilines is 2. The summed E-state index contributed by atoms with van der Waals surface area (Å²) in [6, 6.07) is 0.143. The number of hydrogen-bond donors (Lipinski definition) is 3. The Balaban J connectivity index is 1.73. The maximum Gasteiger partial charge on any atom is 0.265 e. The Morgan fingerprint density at radius 2 is 2.04 bits per heavy atom. The van der Waals surface area contributed by atoms with Crippen molar-refractivity contribution < 1.29 is 9.13 Å². The van der Waals surface area contributed by atoms with Crippen molar-refractivity contribution in [1.82, 2.24) is 25.3 Å². The molecule has 0 saturated carbocycles. The fraction of sp³-hybridized carbons (Fsp3) is 0.529. The minimum absolute atomic E-state index is 0.143. The molecule has 0 spiro atoms. The first-order chi connectivity index (χ1) is 13.2. The molecule has 2 fully saturated rings. The van der Waals surface area contributed by atoms with Crippen molar-refractivity contribution in [2.75, 3.05) is 49.6 Å². The third kappa shape index (κ3) is 4.06. The summed E-state index contributed by atoms with van der Waals surface area (Å²) in [7, 11) is 0. The van der Waals surface area contributed by atoms with Crippen LogP contribution in [0.1, 0.15) is 12.8 Å². The van der Waals surface area contributed by atoms with E-state index in [1.165, 1.54) is 0 Å². The van der Waals surface area contributed by atoms with Crippen molar-refractivity contribution in [2.24, 2.45) is 0 Å². The zero-order valence-electron chi connectivity index (χ0n) is 14.9. The first kappa shape index (κ1) is 17.8. The average Bonchev–Trinajstić information content (AvgIpc) is 2.70. The van der Waals surface area contributed by atoms with E-state index in [0.717, 1.165) is 38.3 Å². The number of nitrogens with zero attached hydrogens (tertiary/aromatic N) is 4. The Morgan fingerprint density at radius 3 is 2.74 bits per heavy atom. The highest BCUT2D eigenvalue weighted by Crippen LogP contribution is 2.23. The van der Waals surface area contributed by atoms with Gasteiger partial charge in [0.15, 0.2) is 11.6 Å². The molecule has 9 nitrogen and oxygen atoms in total. The van der Waals surface area contributed by atoms with Gasteiger partial charge in [0.1, 0.15) is 11.4 Å². The Bertz CT molecular complexity index is 830. The second-order valence-corrected chi connectivity index (χ2v) is 6.63. The van der Waals surface area contributed by atoms with Gasteiger partial charge in [0.2, 0.25) is 5.95 Å². The predicted octanol–water partition coefficient (Wildman–Crippen LogP) is 0.367. The second kappa shape index (κ2) is 7.97. The normalized spacial score (nSPS) is 20.5. The molecule has 2 aromatic heterocycles. The maximum atomic E-state index is 13.2. The number of halogens is 1. The molecule has 144 valence electrons. The number of hydrogen-bond acceptors (Lipinski definition) is 8. The highest BCUT2D eigenvalue weighted by atomic mass is 19.1. The van der Waals surface area contributed by atoms with Crippen molar-refractivity contribution in [1.29, 1.82) is 0 Å². The van der Waals surface area contributed by atoms with Gasteiger partial charge >= 0.3 is 0 Å². The quantitative estimate of drug-likeness (QED) is 0.703. The van der Waals surface area contributed by atoms with E-state index >= 15 is 0 Å². The lowest BCUT2D eigenvalue weighted by atomic mass is 10.1. The SMILES string of the molecule is O=c1[nH]c(N2CCOCC2)nc(N[C@@H]2CCCNC2)c1-c1ncc(F)cn1. The van der Waals surface area contributed by atoms with E-state index in [4.69, 9.17) is 4.74 Å². The van der Waals surface area contributed by atoms with E-state index in [0.29, 0.717) is 38.1 Å². The highest BCUT2D eigenvalue weighted by Gasteiger charge is 2.23. The molecular formula is C17H22FN7O2. The van der Waals surface area contributed by atoms with E-state index in [2.05, 4.69) is 30.6 Å². The summed E-state index contributed by atoms with van der Waals surface area (Å²) in [5.41, 5.74) is -0.137. The summed E-state index contributed by atoms with van der Waals surface area (Å²) >= 11 is 0. The molecule has 4 rings (SSSR count). The topological polar surface area (TPSA) is 108 Å². The molecule has 0 aromatic carbocycles. The molecule has 4 heterocycles. The number of rotatable bonds is 4. The van der Waals surface area contributed by atoms with Crippen molar-refractivity contribution in [3.8, 4) is 11.4 Å². The highest BCUT2D eigenvalue weighted by molar-refractivity contribution is 5.70. The molecule has 0 radical (unpaired) electrons. The molecule has 10 heteroatoms. The van der Waals surface area contributed by atoms with Crippen molar-refractivity contribution in [2.45, 2.75) is 18.9 Å². The zero-order valence-corrected chi connectivity index (χ0v) is 14.9. The average molecular weight is 375 g/mol. The molecule has 2 saturated heterocycles. The number of aromatic nitrogens is 4. The zero-order chi connectivity index (χ0) is 18.6. The molecule has 0 bridgehead atoms. The van der Waals surface area contributed by atoms with Crippen LogP contribution in [0.5, 0.6) is 0 Å². The molecule has 3 N–H and O–H groups in total. The molecule has 2 aliphatic rings. The number of nitrogens with one attached hydrogen (secondary N) is 3. The van der Waals surface area contributed by atoms with Gasteiger partial charge in [-0.3, -0.25) is 9.78 Å².